The highest BCUT2D eigenvalue weighted by atomic mass is 79.9. The van der Waals surface area contributed by atoms with Crippen molar-refractivity contribution >= 4 is 21.6 Å². The van der Waals surface area contributed by atoms with Crippen molar-refractivity contribution in [1.82, 2.24) is 10.1 Å². The fourth-order valence-corrected chi connectivity index (χ4v) is 1.90. The largest absolute Gasteiger partial charge is 0.377 e. The van der Waals surface area contributed by atoms with E-state index in [1.165, 1.54) is 6.07 Å². The van der Waals surface area contributed by atoms with Gasteiger partial charge in [-0.25, -0.2) is 4.39 Å². The molecule has 0 aliphatic heterocycles. The Labute approximate surface area is 118 Å². The Morgan fingerprint density at radius 2 is 2.26 bits per heavy atom. The highest BCUT2D eigenvalue weighted by Crippen LogP contribution is 2.24. The van der Waals surface area contributed by atoms with Crippen molar-refractivity contribution in [2.24, 2.45) is 0 Å². The standard InChI is InChI=1S/C12H13BrFN3O2/c1-7-3-9(14)8(13)4-10(7)15-5-12-16-11(6-18-2)17-19-12/h3-4,15H,5-6H2,1-2H3. The molecule has 19 heavy (non-hydrogen) atoms. The highest BCUT2D eigenvalue weighted by molar-refractivity contribution is 9.10. The second-order valence-corrected chi connectivity index (χ2v) is 4.83. The van der Waals surface area contributed by atoms with Gasteiger partial charge in [-0.15, -0.1) is 0 Å². The smallest absolute Gasteiger partial charge is 0.246 e. The molecule has 0 aliphatic carbocycles. The molecule has 0 aliphatic rings. The molecule has 0 saturated carbocycles. The van der Waals surface area contributed by atoms with Gasteiger partial charge in [0.05, 0.1) is 11.0 Å². The van der Waals surface area contributed by atoms with E-state index >= 15 is 0 Å². The Morgan fingerprint density at radius 3 is 3.00 bits per heavy atom. The Kier molecular flexibility index (Phi) is 4.49. The summed E-state index contributed by atoms with van der Waals surface area (Å²) in [6, 6.07) is 3.13. The molecule has 1 heterocycles. The normalized spacial score (nSPS) is 10.7. The molecule has 0 amide bonds. The average Bonchev–Trinajstić information content (AvgIpc) is 2.80. The van der Waals surface area contributed by atoms with Crippen LogP contribution in [-0.4, -0.2) is 17.3 Å². The van der Waals surface area contributed by atoms with Crippen LogP contribution in [0, 0.1) is 12.7 Å². The number of nitrogens with zero attached hydrogens (tertiary/aromatic N) is 2. The molecule has 5 nitrogen and oxygen atoms in total. The lowest BCUT2D eigenvalue weighted by molar-refractivity contribution is 0.174. The lowest BCUT2D eigenvalue weighted by Crippen LogP contribution is -2.02. The lowest BCUT2D eigenvalue weighted by Gasteiger charge is -2.08. The van der Waals surface area contributed by atoms with Gasteiger partial charge in [0.15, 0.2) is 5.82 Å². The third-order valence-electron chi connectivity index (χ3n) is 2.48. The van der Waals surface area contributed by atoms with Crippen molar-refractivity contribution in [3.8, 4) is 0 Å². The molecular formula is C12H13BrFN3O2. The molecule has 0 spiro atoms. The summed E-state index contributed by atoms with van der Waals surface area (Å²) in [4.78, 5) is 4.13. The number of ether oxygens (including phenoxy) is 1. The van der Waals surface area contributed by atoms with Gasteiger partial charge in [0.2, 0.25) is 5.89 Å². The minimum absolute atomic E-state index is 0.289. The molecule has 7 heteroatoms. The molecule has 0 unspecified atom stereocenters. The van der Waals surface area contributed by atoms with E-state index in [4.69, 9.17) is 9.26 Å². The van der Waals surface area contributed by atoms with E-state index in [0.717, 1.165) is 11.3 Å². The van der Waals surface area contributed by atoms with Gasteiger partial charge in [-0.05, 0) is 40.5 Å². The monoisotopic (exact) mass is 329 g/mol. The third-order valence-corrected chi connectivity index (χ3v) is 3.09. The van der Waals surface area contributed by atoms with E-state index in [-0.39, 0.29) is 5.82 Å². The lowest BCUT2D eigenvalue weighted by atomic mass is 10.2. The van der Waals surface area contributed by atoms with Gasteiger partial charge in [0, 0.05) is 12.8 Å². The summed E-state index contributed by atoms with van der Waals surface area (Å²) in [5, 5.41) is 6.87. The van der Waals surface area contributed by atoms with Gasteiger partial charge >= 0.3 is 0 Å². The van der Waals surface area contributed by atoms with Crippen LogP contribution in [0.5, 0.6) is 0 Å². The van der Waals surface area contributed by atoms with E-state index in [2.05, 4.69) is 31.4 Å². The van der Waals surface area contributed by atoms with Crippen LogP contribution in [0.1, 0.15) is 17.3 Å². The van der Waals surface area contributed by atoms with E-state index in [1.807, 2.05) is 6.92 Å². The van der Waals surface area contributed by atoms with Crippen molar-refractivity contribution in [2.45, 2.75) is 20.1 Å². The molecule has 0 fully saturated rings. The van der Waals surface area contributed by atoms with E-state index in [0.29, 0.717) is 29.3 Å². The number of halogens is 2. The van der Waals surface area contributed by atoms with Gasteiger partial charge in [-0.3, -0.25) is 0 Å². The van der Waals surface area contributed by atoms with Gasteiger partial charge < -0.3 is 14.6 Å². The molecule has 0 atom stereocenters. The molecule has 0 saturated heterocycles. The molecule has 2 aromatic rings. The fourth-order valence-electron chi connectivity index (χ4n) is 1.56. The first-order chi connectivity index (χ1) is 9.10. The van der Waals surface area contributed by atoms with Gasteiger partial charge in [-0.1, -0.05) is 5.16 Å². The summed E-state index contributed by atoms with van der Waals surface area (Å²) < 4.78 is 23.6. The Bertz CT molecular complexity index is 574. The minimum Gasteiger partial charge on any atom is -0.377 e. The zero-order valence-electron chi connectivity index (χ0n) is 10.5. The van der Waals surface area contributed by atoms with Gasteiger partial charge in [0.1, 0.15) is 12.4 Å². The number of hydrogen-bond acceptors (Lipinski definition) is 5. The number of aryl methyl sites for hydroxylation is 1. The highest BCUT2D eigenvalue weighted by Gasteiger charge is 2.08. The Balaban J connectivity index is 2.03. The molecule has 0 bridgehead atoms. The predicted molar refractivity (Wildman–Crippen MR) is 71.2 cm³/mol. The molecule has 1 aromatic carbocycles. The van der Waals surface area contributed by atoms with Gasteiger partial charge in [-0.2, -0.15) is 4.98 Å². The molecule has 1 N–H and O–H groups in total. The zero-order valence-corrected chi connectivity index (χ0v) is 12.1. The van der Waals surface area contributed by atoms with Crippen LogP contribution in [0.15, 0.2) is 21.1 Å². The van der Waals surface area contributed by atoms with Crippen molar-refractivity contribution in [1.29, 1.82) is 0 Å². The van der Waals surface area contributed by atoms with Crippen LogP contribution in [0.25, 0.3) is 0 Å². The summed E-state index contributed by atoms with van der Waals surface area (Å²) in [5.74, 6) is 0.659. The Morgan fingerprint density at radius 1 is 1.47 bits per heavy atom. The SMILES string of the molecule is COCc1noc(CNc2cc(Br)c(F)cc2C)n1. The molecule has 0 radical (unpaired) electrons. The molecule has 102 valence electrons. The topological polar surface area (TPSA) is 60.2 Å². The maximum Gasteiger partial charge on any atom is 0.246 e. The Hall–Kier alpha value is -1.47. The van der Waals surface area contributed by atoms with Crippen LogP contribution in [0.2, 0.25) is 0 Å². The van der Waals surface area contributed by atoms with E-state index in [9.17, 15) is 4.39 Å². The first kappa shape index (κ1) is 14.0. The summed E-state index contributed by atoms with van der Waals surface area (Å²) >= 11 is 3.15. The molecule has 1 aromatic heterocycles. The summed E-state index contributed by atoms with van der Waals surface area (Å²) in [5.41, 5.74) is 1.61. The first-order valence-electron chi connectivity index (χ1n) is 5.60. The number of hydrogen-bond donors (Lipinski definition) is 1. The second kappa shape index (κ2) is 6.12. The van der Waals surface area contributed by atoms with Crippen molar-refractivity contribution in [3.63, 3.8) is 0 Å². The molecular weight excluding hydrogens is 317 g/mol. The third kappa shape index (κ3) is 3.51. The van der Waals surface area contributed by atoms with Crippen LogP contribution >= 0.6 is 15.9 Å². The minimum atomic E-state index is -0.289. The molecule has 2 rings (SSSR count). The average molecular weight is 330 g/mol. The number of rotatable bonds is 5. The number of anilines is 1. The van der Waals surface area contributed by atoms with E-state index in [1.54, 1.807) is 13.2 Å². The number of nitrogens with one attached hydrogen (secondary N) is 1. The number of aromatic nitrogens is 2. The van der Waals surface area contributed by atoms with Crippen LogP contribution in [-0.2, 0) is 17.9 Å². The summed E-state index contributed by atoms with van der Waals surface area (Å²) in [7, 11) is 1.56. The van der Waals surface area contributed by atoms with Crippen LogP contribution in [0.4, 0.5) is 10.1 Å². The summed E-state index contributed by atoms with van der Waals surface area (Å²) in [6.07, 6.45) is 0. The first-order valence-corrected chi connectivity index (χ1v) is 6.39. The van der Waals surface area contributed by atoms with Crippen molar-refractivity contribution in [3.05, 3.63) is 39.7 Å². The fraction of sp³-hybridized carbons (Fsp3) is 0.333. The maximum atomic E-state index is 13.3. The second-order valence-electron chi connectivity index (χ2n) is 3.97. The van der Waals surface area contributed by atoms with Crippen molar-refractivity contribution < 1.29 is 13.7 Å². The van der Waals surface area contributed by atoms with Crippen LogP contribution < -0.4 is 5.32 Å². The quantitative estimate of drug-likeness (QED) is 0.913. The van der Waals surface area contributed by atoms with Gasteiger partial charge in [0.25, 0.3) is 0 Å². The zero-order chi connectivity index (χ0) is 13.8. The maximum absolute atomic E-state index is 13.3. The van der Waals surface area contributed by atoms with Crippen molar-refractivity contribution in [2.75, 3.05) is 12.4 Å². The number of benzene rings is 1. The number of methoxy groups -OCH3 is 1. The van der Waals surface area contributed by atoms with Crippen LogP contribution in [0.3, 0.4) is 0 Å². The predicted octanol–water partition coefficient (Wildman–Crippen LogP) is 3.04. The van der Waals surface area contributed by atoms with E-state index < -0.39 is 0 Å². The summed E-state index contributed by atoms with van der Waals surface area (Å²) in [6.45, 7) is 2.50.